The molecule has 5 nitrogen and oxygen atoms in total. The Morgan fingerprint density at radius 2 is 2.06 bits per heavy atom. The van der Waals surface area contributed by atoms with Crippen molar-refractivity contribution in [3.63, 3.8) is 0 Å². The topological polar surface area (TPSA) is 59.8 Å². The number of nitrogens with one attached hydrogen (secondary N) is 1. The molecule has 0 aliphatic rings. The average molecular weight is 262 g/mol. The van der Waals surface area contributed by atoms with Crippen LogP contribution in [0.2, 0.25) is 0 Å². The van der Waals surface area contributed by atoms with Crippen molar-refractivity contribution in [3.8, 4) is 0 Å². The third-order valence-electron chi connectivity index (χ3n) is 2.52. The molecule has 0 spiro atoms. The monoisotopic (exact) mass is 262 g/mol. The molecule has 1 aromatic heterocycles. The number of hydrogen-bond donors (Lipinski definition) is 1. The van der Waals surface area contributed by atoms with Crippen LogP contribution in [0.1, 0.15) is 16.2 Å². The van der Waals surface area contributed by atoms with Gasteiger partial charge in [-0.3, -0.25) is 4.79 Å². The number of carbonyl (C=O) groups excluding carboxylic acids is 1. The van der Waals surface area contributed by atoms with Crippen LogP contribution in [-0.2, 0) is 13.6 Å². The summed E-state index contributed by atoms with van der Waals surface area (Å²) in [4.78, 5) is 11.9. The molecule has 1 amide bonds. The van der Waals surface area contributed by atoms with Crippen LogP contribution in [0.25, 0.3) is 0 Å². The molecule has 0 radical (unpaired) electrons. The molecular weight excluding hydrogens is 248 g/mol. The first-order chi connectivity index (χ1) is 8.72. The van der Waals surface area contributed by atoms with Crippen molar-refractivity contribution < 1.29 is 4.79 Å². The van der Waals surface area contributed by atoms with Crippen LogP contribution in [0, 0.1) is 0 Å². The van der Waals surface area contributed by atoms with E-state index in [0.717, 1.165) is 10.7 Å². The van der Waals surface area contributed by atoms with E-state index in [1.165, 1.54) is 11.8 Å². The van der Waals surface area contributed by atoms with E-state index >= 15 is 0 Å². The zero-order valence-electron chi connectivity index (χ0n) is 10.3. The summed E-state index contributed by atoms with van der Waals surface area (Å²) >= 11 is 1.46. The van der Waals surface area contributed by atoms with Crippen LogP contribution >= 0.6 is 11.8 Å². The summed E-state index contributed by atoms with van der Waals surface area (Å²) < 4.78 is 1.69. The minimum absolute atomic E-state index is 0.214. The molecule has 2 aromatic rings. The van der Waals surface area contributed by atoms with Gasteiger partial charge >= 0.3 is 0 Å². The average Bonchev–Trinajstić information content (AvgIpc) is 2.78. The Morgan fingerprint density at radius 3 is 2.67 bits per heavy atom. The second-order valence-corrected chi connectivity index (χ2v) is 4.51. The van der Waals surface area contributed by atoms with E-state index in [2.05, 4.69) is 15.5 Å². The number of carbonyl (C=O) groups is 1. The number of hydrogen-bond acceptors (Lipinski definition) is 4. The van der Waals surface area contributed by atoms with Gasteiger partial charge in [0.1, 0.15) is 0 Å². The highest BCUT2D eigenvalue weighted by atomic mass is 32.2. The van der Waals surface area contributed by atoms with Gasteiger partial charge in [0.05, 0.1) is 0 Å². The molecule has 1 N–H and O–H groups in total. The van der Waals surface area contributed by atoms with Crippen molar-refractivity contribution in [3.05, 3.63) is 41.7 Å². The Hall–Kier alpha value is -1.82. The minimum atomic E-state index is -0.214. The molecule has 2 rings (SSSR count). The predicted molar refractivity (Wildman–Crippen MR) is 70.4 cm³/mol. The number of thioether (sulfide) groups is 1. The fourth-order valence-corrected chi connectivity index (χ4v) is 2.03. The number of rotatable bonds is 4. The summed E-state index contributed by atoms with van der Waals surface area (Å²) in [6.45, 7) is 0.487. The highest BCUT2D eigenvalue weighted by molar-refractivity contribution is 7.98. The van der Waals surface area contributed by atoms with Gasteiger partial charge in [0.2, 0.25) is 5.82 Å². The summed E-state index contributed by atoms with van der Waals surface area (Å²) in [6, 6.07) is 9.75. The first kappa shape index (κ1) is 12.6. The molecule has 18 heavy (non-hydrogen) atoms. The first-order valence-electron chi connectivity index (χ1n) is 5.48. The smallest absolute Gasteiger partial charge is 0.289 e. The lowest BCUT2D eigenvalue weighted by atomic mass is 10.2. The second kappa shape index (κ2) is 5.68. The van der Waals surface area contributed by atoms with Crippen molar-refractivity contribution in [2.45, 2.75) is 11.7 Å². The maximum atomic E-state index is 11.9. The Labute approximate surface area is 110 Å². The Bertz CT molecular complexity index is 538. The zero-order valence-corrected chi connectivity index (χ0v) is 11.1. The highest BCUT2D eigenvalue weighted by Gasteiger charge is 2.15. The van der Waals surface area contributed by atoms with E-state index < -0.39 is 0 Å². The molecule has 0 saturated heterocycles. The number of nitrogens with zero attached hydrogens (tertiary/aromatic N) is 3. The molecule has 0 atom stereocenters. The molecule has 0 bridgehead atoms. The molecule has 6 heteroatoms. The lowest BCUT2D eigenvalue weighted by molar-refractivity contribution is 0.0936. The standard InChI is InChI=1S/C12H14N4OS/c1-16-10(14-15-12(16)18-2)11(17)13-8-9-6-4-3-5-7-9/h3-7H,8H2,1-2H3,(H,13,17). The zero-order chi connectivity index (χ0) is 13.0. The summed E-state index contributed by atoms with van der Waals surface area (Å²) in [6.07, 6.45) is 1.90. The minimum Gasteiger partial charge on any atom is -0.345 e. The highest BCUT2D eigenvalue weighted by Crippen LogP contribution is 2.11. The number of aromatic nitrogens is 3. The third-order valence-corrected chi connectivity index (χ3v) is 3.24. The SMILES string of the molecule is CSc1nnc(C(=O)NCc2ccccc2)n1C. The van der Waals surface area contributed by atoms with Gasteiger partial charge in [0, 0.05) is 13.6 Å². The van der Waals surface area contributed by atoms with E-state index in [1.807, 2.05) is 36.6 Å². The molecular formula is C12H14N4OS. The van der Waals surface area contributed by atoms with Gasteiger partial charge in [0.25, 0.3) is 5.91 Å². The lowest BCUT2D eigenvalue weighted by Gasteiger charge is -2.05. The van der Waals surface area contributed by atoms with Gasteiger partial charge in [-0.15, -0.1) is 10.2 Å². The van der Waals surface area contributed by atoms with E-state index in [4.69, 9.17) is 0 Å². The Kier molecular flexibility index (Phi) is 3.99. The van der Waals surface area contributed by atoms with E-state index in [-0.39, 0.29) is 5.91 Å². The third kappa shape index (κ3) is 2.70. The molecule has 1 heterocycles. The number of amides is 1. The van der Waals surface area contributed by atoms with Crippen LogP contribution in [0.3, 0.4) is 0 Å². The maximum Gasteiger partial charge on any atom is 0.289 e. The van der Waals surface area contributed by atoms with Gasteiger partial charge in [-0.25, -0.2) is 0 Å². The van der Waals surface area contributed by atoms with E-state index in [1.54, 1.807) is 11.6 Å². The molecule has 0 aliphatic carbocycles. The van der Waals surface area contributed by atoms with Crippen LogP contribution in [0.4, 0.5) is 0 Å². The predicted octanol–water partition coefficient (Wildman–Crippen LogP) is 1.47. The van der Waals surface area contributed by atoms with Gasteiger partial charge in [-0.2, -0.15) is 0 Å². The van der Waals surface area contributed by atoms with Crippen molar-refractivity contribution in [2.24, 2.45) is 7.05 Å². The van der Waals surface area contributed by atoms with Crippen molar-refractivity contribution in [1.82, 2.24) is 20.1 Å². The summed E-state index contributed by atoms with van der Waals surface area (Å²) in [5.41, 5.74) is 1.05. The molecule has 0 saturated carbocycles. The Morgan fingerprint density at radius 1 is 1.33 bits per heavy atom. The van der Waals surface area contributed by atoms with E-state index in [9.17, 15) is 4.79 Å². The lowest BCUT2D eigenvalue weighted by Crippen LogP contribution is -2.25. The van der Waals surface area contributed by atoms with E-state index in [0.29, 0.717) is 12.4 Å². The quantitative estimate of drug-likeness (QED) is 0.848. The second-order valence-electron chi connectivity index (χ2n) is 3.74. The van der Waals surface area contributed by atoms with Gasteiger partial charge < -0.3 is 9.88 Å². The normalized spacial score (nSPS) is 10.3. The van der Waals surface area contributed by atoms with Gasteiger partial charge in [-0.05, 0) is 11.8 Å². The maximum absolute atomic E-state index is 11.9. The molecule has 0 fully saturated rings. The van der Waals surface area contributed by atoms with Crippen LogP contribution in [0.5, 0.6) is 0 Å². The largest absolute Gasteiger partial charge is 0.345 e. The molecule has 94 valence electrons. The fraction of sp³-hybridized carbons (Fsp3) is 0.250. The summed E-state index contributed by atoms with van der Waals surface area (Å²) in [5, 5.41) is 11.3. The van der Waals surface area contributed by atoms with Crippen molar-refractivity contribution >= 4 is 17.7 Å². The molecule has 0 unspecified atom stereocenters. The van der Waals surface area contributed by atoms with Crippen LogP contribution < -0.4 is 5.32 Å². The van der Waals surface area contributed by atoms with Gasteiger partial charge in [-0.1, -0.05) is 42.1 Å². The van der Waals surface area contributed by atoms with Gasteiger partial charge in [0.15, 0.2) is 5.16 Å². The fourth-order valence-electron chi connectivity index (χ4n) is 1.55. The van der Waals surface area contributed by atoms with Crippen LogP contribution in [-0.4, -0.2) is 26.9 Å². The molecule has 1 aromatic carbocycles. The Balaban J connectivity index is 2.02. The van der Waals surface area contributed by atoms with Crippen molar-refractivity contribution in [2.75, 3.05) is 6.26 Å². The summed E-state index contributed by atoms with van der Waals surface area (Å²) in [7, 11) is 1.78. The number of benzene rings is 1. The van der Waals surface area contributed by atoms with Crippen molar-refractivity contribution in [1.29, 1.82) is 0 Å². The first-order valence-corrected chi connectivity index (χ1v) is 6.70. The van der Waals surface area contributed by atoms with Crippen LogP contribution in [0.15, 0.2) is 35.5 Å². The molecule has 0 aliphatic heterocycles. The summed E-state index contributed by atoms with van der Waals surface area (Å²) in [5.74, 6) is 0.115.